The molecule has 0 spiro atoms. The molecule has 0 atom stereocenters. The molecular weight excluding hydrogens is 322 g/mol. The highest BCUT2D eigenvalue weighted by Crippen LogP contribution is 2.26. The molecule has 7 heteroatoms. The summed E-state index contributed by atoms with van der Waals surface area (Å²) in [6.45, 7) is 3.78. The topological polar surface area (TPSA) is 83.5 Å². The fourth-order valence-corrected chi connectivity index (χ4v) is 4.55. The van der Waals surface area contributed by atoms with Crippen LogP contribution in [0.25, 0.3) is 0 Å². The maximum atomic E-state index is 12.3. The molecule has 0 fully saturated rings. The molecule has 0 aliphatic carbocycles. The van der Waals surface area contributed by atoms with Crippen molar-refractivity contribution < 1.29 is 18.3 Å². The number of hydrogen-bond donors (Lipinski definition) is 2. The number of benzene rings is 1. The lowest BCUT2D eigenvalue weighted by Crippen LogP contribution is -2.23. The number of carbonyl (C=O) groups is 1. The molecule has 2 aromatic rings. The zero-order valence-electron chi connectivity index (χ0n) is 12.3. The molecule has 2 N–H and O–H groups in total. The fraction of sp³-hybridized carbons (Fsp3) is 0.267. The van der Waals surface area contributed by atoms with Crippen molar-refractivity contribution in [3.63, 3.8) is 0 Å². The molecule has 22 heavy (non-hydrogen) atoms. The third-order valence-electron chi connectivity index (χ3n) is 3.31. The Morgan fingerprint density at radius 3 is 2.45 bits per heavy atom. The molecule has 0 saturated heterocycles. The SMILES string of the molecule is CCc1ccccc1CNS(=O)(=O)c1cc(C)c(C(=O)O)s1. The average Bonchev–Trinajstić information content (AvgIpc) is 2.88. The van der Waals surface area contributed by atoms with Crippen LogP contribution < -0.4 is 4.72 Å². The summed E-state index contributed by atoms with van der Waals surface area (Å²) < 4.78 is 27.2. The van der Waals surface area contributed by atoms with E-state index in [2.05, 4.69) is 4.72 Å². The Bertz CT molecular complexity index is 794. The lowest BCUT2D eigenvalue weighted by atomic mass is 10.1. The standard InChI is InChI=1S/C15H17NO4S2/c1-3-11-6-4-5-7-12(11)9-16-22(19,20)13-8-10(2)14(21-13)15(17)18/h4-8,16H,3,9H2,1-2H3,(H,17,18). The Morgan fingerprint density at radius 1 is 1.27 bits per heavy atom. The minimum absolute atomic E-state index is 0.0244. The van der Waals surface area contributed by atoms with E-state index >= 15 is 0 Å². The van der Waals surface area contributed by atoms with Crippen molar-refractivity contribution in [1.29, 1.82) is 0 Å². The summed E-state index contributed by atoms with van der Waals surface area (Å²) in [6.07, 6.45) is 0.819. The number of carboxylic acids is 1. The van der Waals surface area contributed by atoms with Gasteiger partial charge in [-0.25, -0.2) is 17.9 Å². The van der Waals surface area contributed by atoms with Crippen LogP contribution in [0, 0.1) is 6.92 Å². The van der Waals surface area contributed by atoms with Gasteiger partial charge in [-0.2, -0.15) is 0 Å². The molecule has 0 saturated carbocycles. The normalized spacial score (nSPS) is 11.5. The van der Waals surface area contributed by atoms with Crippen LogP contribution in [0.1, 0.15) is 33.3 Å². The van der Waals surface area contributed by atoms with E-state index in [4.69, 9.17) is 5.11 Å². The first-order valence-corrected chi connectivity index (χ1v) is 9.05. The van der Waals surface area contributed by atoms with Crippen LogP contribution in [-0.2, 0) is 23.0 Å². The molecule has 0 aliphatic rings. The minimum atomic E-state index is -3.71. The van der Waals surface area contributed by atoms with Gasteiger partial charge in [0.05, 0.1) is 0 Å². The predicted octanol–water partition coefficient (Wildman–Crippen LogP) is 2.80. The predicted molar refractivity (Wildman–Crippen MR) is 85.9 cm³/mol. The molecule has 0 bridgehead atoms. The zero-order valence-corrected chi connectivity index (χ0v) is 13.9. The van der Waals surface area contributed by atoms with Crippen LogP contribution in [0.2, 0.25) is 0 Å². The maximum absolute atomic E-state index is 12.3. The summed E-state index contributed by atoms with van der Waals surface area (Å²) in [6, 6.07) is 9.01. The van der Waals surface area contributed by atoms with Gasteiger partial charge in [-0.1, -0.05) is 31.2 Å². The van der Waals surface area contributed by atoms with Gasteiger partial charge in [0, 0.05) is 6.54 Å². The highest BCUT2D eigenvalue weighted by molar-refractivity contribution is 7.91. The Hall–Kier alpha value is -1.70. The molecule has 5 nitrogen and oxygen atoms in total. The van der Waals surface area contributed by atoms with Gasteiger partial charge < -0.3 is 5.11 Å². The summed E-state index contributed by atoms with van der Waals surface area (Å²) in [5, 5.41) is 9.02. The van der Waals surface area contributed by atoms with Crippen molar-refractivity contribution in [3.05, 3.63) is 51.9 Å². The Balaban J connectivity index is 2.21. The monoisotopic (exact) mass is 339 g/mol. The highest BCUT2D eigenvalue weighted by Gasteiger charge is 2.21. The molecule has 1 aromatic carbocycles. The van der Waals surface area contributed by atoms with E-state index in [1.54, 1.807) is 6.92 Å². The van der Waals surface area contributed by atoms with E-state index in [9.17, 15) is 13.2 Å². The smallest absolute Gasteiger partial charge is 0.346 e. The lowest BCUT2D eigenvalue weighted by Gasteiger charge is -2.08. The number of sulfonamides is 1. The van der Waals surface area contributed by atoms with Crippen molar-refractivity contribution in [2.24, 2.45) is 0 Å². The van der Waals surface area contributed by atoms with Crippen LogP contribution in [-0.4, -0.2) is 19.5 Å². The van der Waals surface area contributed by atoms with Crippen LogP contribution in [0.3, 0.4) is 0 Å². The summed E-state index contributed by atoms with van der Waals surface area (Å²) in [7, 11) is -3.71. The first-order chi connectivity index (χ1) is 10.3. The summed E-state index contributed by atoms with van der Waals surface area (Å²) in [4.78, 5) is 11.1. The Morgan fingerprint density at radius 2 is 1.91 bits per heavy atom. The van der Waals surface area contributed by atoms with Crippen LogP contribution in [0.5, 0.6) is 0 Å². The molecule has 0 amide bonds. The molecule has 0 radical (unpaired) electrons. The van der Waals surface area contributed by atoms with Crippen LogP contribution in [0.15, 0.2) is 34.5 Å². The van der Waals surface area contributed by atoms with Crippen molar-refractivity contribution in [3.8, 4) is 0 Å². The van der Waals surface area contributed by atoms with Gasteiger partial charge in [0.15, 0.2) is 0 Å². The van der Waals surface area contributed by atoms with E-state index in [1.807, 2.05) is 31.2 Å². The molecule has 1 aromatic heterocycles. The van der Waals surface area contributed by atoms with Crippen molar-refractivity contribution >= 4 is 27.3 Å². The summed E-state index contributed by atoms with van der Waals surface area (Å²) in [5.74, 6) is -1.11. The third-order valence-corrected chi connectivity index (χ3v) is 6.41. The fourth-order valence-electron chi connectivity index (χ4n) is 2.12. The van der Waals surface area contributed by atoms with Gasteiger partial charge in [0.2, 0.25) is 10.0 Å². The number of carboxylic acid groups (broad SMARTS) is 1. The third kappa shape index (κ3) is 3.55. The van der Waals surface area contributed by atoms with E-state index in [0.717, 1.165) is 28.9 Å². The molecule has 1 heterocycles. The average molecular weight is 339 g/mol. The minimum Gasteiger partial charge on any atom is -0.477 e. The lowest BCUT2D eigenvalue weighted by molar-refractivity contribution is 0.0701. The van der Waals surface area contributed by atoms with Gasteiger partial charge in [0.1, 0.15) is 9.09 Å². The van der Waals surface area contributed by atoms with E-state index in [-0.39, 0.29) is 15.6 Å². The van der Waals surface area contributed by atoms with Crippen molar-refractivity contribution in [2.75, 3.05) is 0 Å². The largest absolute Gasteiger partial charge is 0.477 e. The summed E-state index contributed by atoms with van der Waals surface area (Å²) >= 11 is 0.770. The first kappa shape index (κ1) is 16.7. The Labute approximate surface area is 133 Å². The number of hydrogen-bond acceptors (Lipinski definition) is 4. The highest BCUT2D eigenvalue weighted by atomic mass is 32.2. The molecule has 0 unspecified atom stereocenters. The van der Waals surface area contributed by atoms with E-state index in [1.165, 1.54) is 6.07 Å². The first-order valence-electron chi connectivity index (χ1n) is 6.75. The number of aromatic carboxylic acids is 1. The molecule has 118 valence electrons. The second-order valence-corrected chi connectivity index (χ2v) is 7.88. The van der Waals surface area contributed by atoms with Crippen molar-refractivity contribution in [1.82, 2.24) is 4.72 Å². The van der Waals surface area contributed by atoms with E-state index in [0.29, 0.717) is 5.56 Å². The van der Waals surface area contributed by atoms with Crippen LogP contribution >= 0.6 is 11.3 Å². The molecule has 2 rings (SSSR count). The van der Waals surface area contributed by atoms with Crippen molar-refractivity contribution in [2.45, 2.75) is 31.0 Å². The number of nitrogens with one attached hydrogen (secondary N) is 1. The Kier molecular flexibility index (Phi) is 5.00. The van der Waals surface area contributed by atoms with Gasteiger partial charge in [-0.15, -0.1) is 11.3 Å². The summed E-state index contributed by atoms with van der Waals surface area (Å²) in [5.41, 5.74) is 2.45. The maximum Gasteiger partial charge on any atom is 0.346 e. The van der Waals surface area contributed by atoms with Gasteiger partial charge >= 0.3 is 5.97 Å². The number of thiophene rings is 1. The van der Waals surface area contributed by atoms with Crippen LogP contribution in [0.4, 0.5) is 0 Å². The van der Waals surface area contributed by atoms with Gasteiger partial charge in [-0.3, -0.25) is 0 Å². The molecular formula is C15H17NO4S2. The zero-order chi connectivity index (χ0) is 16.3. The second kappa shape index (κ2) is 6.60. The number of aryl methyl sites for hydroxylation is 2. The molecule has 0 aliphatic heterocycles. The second-order valence-electron chi connectivity index (χ2n) is 4.83. The van der Waals surface area contributed by atoms with E-state index < -0.39 is 16.0 Å². The van der Waals surface area contributed by atoms with Gasteiger partial charge in [0.25, 0.3) is 0 Å². The quantitative estimate of drug-likeness (QED) is 0.848. The van der Waals surface area contributed by atoms with Gasteiger partial charge in [-0.05, 0) is 36.1 Å². The number of rotatable bonds is 6.